The molecule has 0 radical (unpaired) electrons. The first-order chi connectivity index (χ1) is 9.29. The molecule has 2 nitrogen and oxygen atoms in total. The quantitative estimate of drug-likeness (QED) is 0.754. The minimum atomic E-state index is 0.934. The van der Waals surface area contributed by atoms with E-state index < -0.39 is 0 Å². The van der Waals surface area contributed by atoms with Crippen LogP contribution in [0.5, 0.6) is 0 Å². The SMILES string of the molecule is CCCNc1ccc(CSc2ccccc2Br)cn1. The van der Waals surface area contributed by atoms with Crippen molar-refractivity contribution in [1.82, 2.24) is 4.98 Å². The lowest BCUT2D eigenvalue weighted by Gasteiger charge is -2.06. The van der Waals surface area contributed by atoms with Gasteiger partial charge in [0, 0.05) is 27.9 Å². The van der Waals surface area contributed by atoms with Crippen LogP contribution in [0.25, 0.3) is 0 Å². The largest absolute Gasteiger partial charge is 0.370 e. The number of thioether (sulfide) groups is 1. The summed E-state index contributed by atoms with van der Waals surface area (Å²) >= 11 is 5.38. The van der Waals surface area contributed by atoms with Crippen LogP contribution in [0.15, 0.2) is 52.0 Å². The van der Waals surface area contributed by atoms with Crippen LogP contribution >= 0.6 is 27.7 Å². The van der Waals surface area contributed by atoms with E-state index in [0.29, 0.717) is 0 Å². The summed E-state index contributed by atoms with van der Waals surface area (Å²) in [5.74, 6) is 1.89. The van der Waals surface area contributed by atoms with Gasteiger partial charge in [0.05, 0.1) is 0 Å². The van der Waals surface area contributed by atoms with E-state index in [1.54, 1.807) is 0 Å². The highest BCUT2D eigenvalue weighted by Gasteiger charge is 2.01. The van der Waals surface area contributed by atoms with Crippen LogP contribution in [-0.2, 0) is 5.75 Å². The summed E-state index contributed by atoms with van der Waals surface area (Å²) in [4.78, 5) is 5.67. The molecule has 1 aromatic carbocycles. The minimum Gasteiger partial charge on any atom is -0.370 e. The molecule has 100 valence electrons. The van der Waals surface area contributed by atoms with Gasteiger partial charge in [-0.05, 0) is 46.1 Å². The van der Waals surface area contributed by atoms with Gasteiger partial charge >= 0.3 is 0 Å². The Morgan fingerprint density at radius 1 is 1.21 bits per heavy atom. The first-order valence-corrected chi connectivity index (χ1v) is 8.13. The second kappa shape index (κ2) is 7.56. The number of nitrogens with one attached hydrogen (secondary N) is 1. The highest BCUT2D eigenvalue weighted by molar-refractivity contribution is 9.10. The molecule has 1 N–H and O–H groups in total. The van der Waals surface area contributed by atoms with Gasteiger partial charge in [-0.15, -0.1) is 11.8 Å². The molecule has 0 aliphatic heterocycles. The molecule has 0 amide bonds. The lowest BCUT2D eigenvalue weighted by Crippen LogP contribution is -2.01. The maximum absolute atomic E-state index is 4.41. The Morgan fingerprint density at radius 2 is 2.05 bits per heavy atom. The zero-order valence-electron chi connectivity index (χ0n) is 10.9. The molecule has 0 atom stereocenters. The van der Waals surface area contributed by atoms with E-state index in [9.17, 15) is 0 Å². The molecule has 0 fully saturated rings. The fourth-order valence-corrected chi connectivity index (χ4v) is 3.09. The number of benzene rings is 1. The number of halogens is 1. The topological polar surface area (TPSA) is 24.9 Å². The zero-order valence-corrected chi connectivity index (χ0v) is 13.3. The second-order valence-corrected chi connectivity index (χ2v) is 6.07. The number of nitrogens with zero attached hydrogens (tertiary/aromatic N) is 1. The lowest BCUT2D eigenvalue weighted by molar-refractivity contribution is 0.968. The van der Waals surface area contributed by atoms with Gasteiger partial charge in [-0.2, -0.15) is 0 Å². The van der Waals surface area contributed by atoms with E-state index in [4.69, 9.17) is 0 Å². The van der Waals surface area contributed by atoms with E-state index >= 15 is 0 Å². The van der Waals surface area contributed by atoms with Gasteiger partial charge in [-0.1, -0.05) is 25.1 Å². The van der Waals surface area contributed by atoms with E-state index in [1.807, 2.05) is 30.1 Å². The normalized spacial score (nSPS) is 10.4. The predicted octanol–water partition coefficient (Wildman–Crippen LogP) is 4.96. The summed E-state index contributed by atoms with van der Waals surface area (Å²) in [6.07, 6.45) is 3.06. The molecule has 0 aliphatic carbocycles. The Hall–Kier alpha value is -1.00. The monoisotopic (exact) mass is 336 g/mol. The van der Waals surface area contributed by atoms with Gasteiger partial charge in [0.1, 0.15) is 5.82 Å². The summed E-state index contributed by atoms with van der Waals surface area (Å²) in [5, 5.41) is 3.28. The molecule has 0 spiro atoms. The van der Waals surface area contributed by atoms with E-state index in [2.05, 4.69) is 57.4 Å². The molecule has 0 unspecified atom stereocenters. The highest BCUT2D eigenvalue weighted by atomic mass is 79.9. The van der Waals surface area contributed by atoms with Crippen molar-refractivity contribution >= 4 is 33.5 Å². The van der Waals surface area contributed by atoms with Crippen molar-refractivity contribution in [2.45, 2.75) is 24.0 Å². The van der Waals surface area contributed by atoms with Gasteiger partial charge in [-0.25, -0.2) is 4.98 Å². The molecular weight excluding hydrogens is 320 g/mol. The highest BCUT2D eigenvalue weighted by Crippen LogP contribution is 2.29. The molecule has 0 aliphatic rings. The third kappa shape index (κ3) is 4.55. The Kier molecular flexibility index (Phi) is 5.73. The number of rotatable bonds is 6. The third-order valence-electron chi connectivity index (χ3n) is 2.61. The molecule has 0 saturated carbocycles. The smallest absolute Gasteiger partial charge is 0.125 e. The number of aromatic nitrogens is 1. The number of hydrogen-bond donors (Lipinski definition) is 1. The van der Waals surface area contributed by atoms with Crippen molar-refractivity contribution in [1.29, 1.82) is 0 Å². The molecule has 0 saturated heterocycles. The lowest BCUT2D eigenvalue weighted by atomic mass is 10.3. The molecule has 19 heavy (non-hydrogen) atoms. The molecule has 1 aromatic heterocycles. The van der Waals surface area contributed by atoms with Crippen LogP contribution in [0.3, 0.4) is 0 Å². The van der Waals surface area contributed by atoms with Gasteiger partial charge in [-0.3, -0.25) is 0 Å². The van der Waals surface area contributed by atoms with Crippen molar-refractivity contribution < 1.29 is 0 Å². The molecule has 1 heterocycles. The molecule has 0 bridgehead atoms. The Labute approximate surface area is 127 Å². The van der Waals surface area contributed by atoms with E-state index in [-0.39, 0.29) is 0 Å². The summed E-state index contributed by atoms with van der Waals surface area (Å²) < 4.78 is 1.15. The average Bonchev–Trinajstić information content (AvgIpc) is 2.45. The molecule has 2 aromatic rings. The summed E-state index contributed by atoms with van der Waals surface area (Å²) in [5.41, 5.74) is 1.24. The maximum Gasteiger partial charge on any atom is 0.125 e. The first kappa shape index (κ1) is 14.4. The van der Waals surface area contributed by atoms with Crippen LogP contribution in [0.1, 0.15) is 18.9 Å². The van der Waals surface area contributed by atoms with Crippen molar-refractivity contribution in [3.05, 3.63) is 52.6 Å². The second-order valence-electron chi connectivity index (χ2n) is 4.20. The van der Waals surface area contributed by atoms with Gasteiger partial charge < -0.3 is 5.32 Å². The third-order valence-corrected chi connectivity index (χ3v) is 4.71. The minimum absolute atomic E-state index is 0.934. The first-order valence-electron chi connectivity index (χ1n) is 6.35. The summed E-state index contributed by atoms with van der Waals surface area (Å²) in [6, 6.07) is 12.5. The number of hydrogen-bond acceptors (Lipinski definition) is 3. The van der Waals surface area contributed by atoms with E-state index in [1.165, 1.54) is 10.5 Å². The van der Waals surface area contributed by atoms with E-state index in [0.717, 1.165) is 29.0 Å². The standard InChI is InChI=1S/C15H17BrN2S/c1-2-9-17-15-8-7-12(10-18-15)11-19-14-6-4-3-5-13(14)16/h3-8,10H,2,9,11H2,1H3,(H,17,18). The van der Waals surface area contributed by atoms with Crippen LogP contribution < -0.4 is 5.32 Å². The van der Waals surface area contributed by atoms with Crippen molar-refractivity contribution in [2.24, 2.45) is 0 Å². The average molecular weight is 337 g/mol. The van der Waals surface area contributed by atoms with Gasteiger partial charge in [0.25, 0.3) is 0 Å². The number of anilines is 1. The van der Waals surface area contributed by atoms with Crippen LogP contribution in [0.4, 0.5) is 5.82 Å². The van der Waals surface area contributed by atoms with Crippen molar-refractivity contribution in [3.63, 3.8) is 0 Å². The molecule has 2 rings (SSSR count). The van der Waals surface area contributed by atoms with Gasteiger partial charge in [0.2, 0.25) is 0 Å². The Bertz CT molecular complexity index is 514. The molecular formula is C15H17BrN2S. The van der Waals surface area contributed by atoms with Crippen LogP contribution in [0, 0.1) is 0 Å². The van der Waals surface area contributed by atoms with Crippen molar-refractivity contribution in [2.75, 3.05) is 11.9 Å². The predicted molar refractivity (Wildman–Crippen MR) is 86.7 cm³/mol. The fourth-order valence-electron chi connectivity index (χ4n) is 1.59. The van der Waals surface area contributed by atoms with Gasteiger partial charge in [0.15, 0.2) is 0 Å². The molecule has 4 heteroatoms. The number of pyridine rings is 1. The van der Waals surface area contributed by atoms with Crippen molar-refractivity contribution in [3.8, 4) is 0 Å². The fraction of sp³-hybridized carbons (Fsp3) is 0.267. The zero-order chi connectivity index (χ0) is 13.5. The Morgan fingerprint density at radius 3 is 2.74 bits per heavy atom. The maximum atomic E-state index is 4.41. The van der Waals surface area contributed by atoms with Crippen LogP contribution in [-0.4, -0.2) is 11.5 Å². The Balaban J connectivity index is 1.91. The summed E-state index contributed by atoms with van der Waals surface area (Å²) in [7, 11) is 0. The summed E-state index contributed by atoms with van der Waals surface area (Å²) in [6.45, 7) is 3.12. The van der Waals surface area contributed by atoms with Crippen LogP contribution in [0.2, 0.25) is 0 Å².